The second-order valence-corrected chi connectivity index (χ2v) is 3.03. The molecule has 0 aromatic carbocycles. The van der Waals surface area contributed by atoms with Crippen LogP contribution in [0.5, 0.6) is 0 Å². The van der Waals surface area contributed by atoms with Gasteiger partial charge in [0.2, 0.25) is 0 Å². The molecule has 0 bridgehead atoms. The molecule has 1 heterocycles. The number of piperidine rings is 1. The molecule has 1 saturated heterocycles. The average Bonchev–Trinajstić information content (AvgIpc) is 1.89. The molecule has 0 spiro atoms. The third kappa shape index (κ3) is 1.37. The van der Waals surface area contributed by atoms with Crippen LogP contribution in [0.3, 0.4) is 0 Å². The highest BCUT2D eigenvalue weighted by Gasteiger charge is 2.31. The lowest BCUT2D eigenvalue weighted by Gasteiger charge is -2.30. The zero-order valence-electron chi connectivity index (χ0n) is 6.41. The van der Waals surface area contributed by atoms with E-state index in [0.717, 1.165) is 13.0 Å². The smallest absolute Gasteiger partial charge is 0.143 e. The van der Waals surface area contributed by atoms with Gasteiger partial charge in [-0.15, -0.1) is 0 Å². The molecular weight excluding hydrogens is 129 g/mol. The van der Waals surface area contributed by atoms with Crippen LogP contribution in [0, 0.1) is 0 Å². The molecule has 1 nitrogen and oxygen atoms in total. The Kier molecular flexibility index (Phi) is 2.09. The van der Waals surface area contributed by atoms with Crippen molar-refractivity contribution in [2.75, 3.05) is 13.1 Å². The van der Waals surface area contributed by atoms with Crippen molar-refractivity contribution >= 4 is 0 Å². The molecule has 0 unspecified atom stereocenters. The van der Waals surface area contributed by atoms with Gasteiger partial charge in [-0.1, -0.05) is 6.58 Å². The third-order valence-corrected chi connectivity index (χ3v) is 2.10. The van der Waals surface area contributed by atoms with Crippen LogP contribution in [0.4, 0.5) is 4.39 Å². The number of halogens is 1. The summed E-state index contributed by atoms with van der Waals surface area (Å²) < 4.78 is 13.5. The van der Waals surface area contributed by atoms with Crippen molar-refractivity contribution in [1.29, 1.82) is 0 Å². The van der Waals surface area contributed by atoms with Crippen molar-refractivity contribution in [2.24, 2.45) is 0 Å². The number of hydrogen-bond donors (Lipinski definition) is 1. The number of alkyl halides is 1. The fourth-order valence-corrected chi connectivity index (χ4v) is 1.23. The van der Waals surface area contributed by atoms with E-state index in [9.17, 15) is 4.39 Å². The molecule has 0 aliphatic carbocycles. The number of hydrogen-bond acceptors (Lipinski definition) is 1. The monoisotopic (exact) mass is 143 g/mol. The summed E-state index contributed by atoms with van der Waals surface area (Å²) in [5.41, 5.74) is -0.474. The van der Waals surface area contributed by atoms with E-state index in [0.29, 0.717) is 18.5 Å². The summed E-state index contributed by atoms with van der Waals surface area (Å²) in [7, 11) is 0. The molecule has 0 saturated carbocycles. The first kappa shape index (κ1) is 7.73. The van der Waals surface area contributed by atoms with Crippen LogP contribution < -0.4 is 5.32 Å². The topological polar surface area (TPSA) is 12.0 Å². The molecule has 1 aliphatic heterocycles. The Morgan fingerprint density at radius 1 is 1.70 bits per heavy atom. The lowest BCUT2D eigenvalue weighted by Crippen LogP contribution is -2.42. The van der Waals surface area contributed by atoms with E-state index in [1.54, 1.807) is 6.92 Å². The highest BCUT2D eigenvalue weighted by Crippen LogP contribution is 2.27. The van der Waals surface area contributed by atoms with E-state index < -0.39 is 5.67 Å². The quantitative estimate of drug-likeness (QED) is 0.550. The van der Waals surface area contributed by atoms with Crippen molar-refractivity contribution in [3.8, 4) is 0 Å². The Labute approximate surface area is 61.3 Å². The summed E-state index contributed by atoms with van der Waals surface area (Å²) in [6.45, 7) is 6.78. The van der Waals surface area contributed by atoms with Crippen LogP contribution in [-0.4, -0.2) is 18.8 Å². The van der Waals surface area contributed by atoms with Crippen molar-refractivity contribution < 1.29 is 4.39 Å². The molecule has 10 heavy (non-hydrogen) atoms. The van der Waals surface area contributed by atoms with E-state index in [1.165, 1.54) is 0 Å². The molecular formula is C8H14FN. The molecule has 1 fully saturated rings. The van der Waals surface area contributed by atoms with Crippen molar-refractivity contribution in [2.45, 2.75) is 25.4 Å². The molecule has 0 aromatic rings. The molecule has 1 aliphatic rings. The second-order valence-electron chi connectivity index (χ2n) is 3.03. The normalized spacial score (nSPS) is 33.8. The predicted octanol–water partition coefficient (Wildman–Crippen LogP) is 1.65. The molecule has 1 atom stereocenters. The van der Waals surface area contributed by atoms with E-state index in [-0.39, 0.29) is 0 Å². The van der Waals surface area contributed by atoms with Gasteiger partial charge in [0.25, 0.3) is 0 Å². The summed E-state index contributed by atoms with van der Waals surface area (Å²) in [6.07, 6.45) is 1.55. The van der Waals surface area contributed by atoms with Gasteiger partial charge in [-0.3, -0.25) is 0 Å². The van der Waals surface area contributed by atoms with Crippen molar-refractivity contribution in [3.63, 3.8) is 0 Å². The van der Waals surface area contributed by atoms with Crippen LogP contribution in [-0.2, 0) is 0 Å². The van der Waals surface area contributed by atoms with Crippen LogP contribution in [0.25, 0.3) is 0 Å². The Hall–Kier alpha value is -0.370. The predicted molar refractivity (Wildman–Crippen MR) is 40.8 cm³/mol. The Balaban J connectivity index is 2.56. The molecule has 0 amide bonds. The highest BCUT2D eigenvalue weighted by molar-refractivity contribution is 5.12. The van der Waals surface area contributed by atoms with Crippen LogP contribution in [0.15, 0.2) is 12.2 Å². The first-order valence-corrected chi connectivity index (χ1v) is 3.71. The van der Waals surface area contributed by atoms with Crippen LogP contribution >= 0.6 is 0 Å². The SMILES string of the molecule is C=C(C)[C@]1(F)CCCNC1. The Bertz CT molecular complexity index is 136. The summed E-state index contributed by atoms with van der Waals surface area (Å²) in [6, 6.07) is 0. The maximum Gasteiger partial charge on any atom is 0.143 e. The molecule has 0 radical (unpaired) electrons. The molecule has 1 N–H and O–H groups in total. The van der Waals surface area contributed by atoms with Gasteiger partial charge >= 0.3 is 0 Å². The van der Waals surface area contributed by atoms with E-state index in [2.05, 4.69) is 11.9 Å². The highest BCUT2D eigenvalue weighted by atomic mass is 19.1. The minimum atomic E-state index is -1.13. The van der Waals surface area contributed by atoms with Gasteiger partial charge in [0.15, 0.2) is 0 Å². The molecule has 2 heteroatoms. The van der Waals surface area contributed by atoms with Gasteiger partial charge in [-0.25, -0.2) is 4.39 Å². The zero-order chi connectivity index (χ0) is 7.61. The maximum absolute atomic E-state index is 13.5. The summed E-state index contributed by atoms with van der Waals surface area (Å²) in [4.78, 5) is 0. The minimum absolute atomic E-state index is 0.447. The van der Waals surface area contributed by atoms with E-state index in [1.807, 2.05) is 0 Å². The van der Waals surface area contributed by atoms with Crippen molar-refractivity contribution in [1.82, 2.24) is 5.32 Å². The van der Waals surface area contributed by atoms with Gasteiger partial charge in [0.05, 0.1) is 0 Å². The minimum Gasteiger partial charge on any atom is -0.313 e. The first-order chi connectivity index (χ1) is 4.65. The van der Waals surface area contributed by atoms with Gasteiger partial charge in [-0.05, 0) is 31.9 Å². The van der Waals surface area contributed by atoms with Gasteiger partial charge in [0, 0.05) is 6.54 Å². The Morgan fingerprint density at radius 2 is 2.40 bits per heavy atom. The number of rotatable bonds is 1. The second kappa shape index (κ2) is 2.70. The van der Waals surface area contributed by atoms with Gasteiger partial charge < -0.3 is 5.32 Å². The summed E-state index contributed by atoms with van der Waals surface area (Å²) >= 11 is 0. The summed E-state index contributed by atoms with van der Waals surface area (Å²) in [5.74, 6) is 0. The standard InChI is InChI=1S/C8H14FN/c1-7(2)8(9)4-3-5-10-6-8/h10H,1,3-6H2,2H3/t8-/m0/s1. The lowest BCUT2D eigenvalue weighted by molar-refractivity contribution is 0.165. The lowest BCUT2D eigenvalue weighted by atomic mass is 9.90. The summed E-state index contributed by atoms with van der Waals surface area (Å²) in [5, 5.41) is 3.02. The fraction of sp³-hybridized carbons (Fsp3) is 0.750. The van der Waals surface area contributed by atoms with E-state index >= 15 is 0 Å². The van der Waals surface area contributed by atoms with Crippen LogP contribution in [0.2, 0.25) is 0 Å². The zero-order valence-corrected chi connectivity index (χ0v) is 6.41. The first-order valence-electron chi connectivity index (χ1n) is 3.71. The molecule has 58 valence electrons. The Morgan fingerprint density at radius 3 is 2.70 bits per heavy atom. The largest absolute Gasteiger partial charge is 0.313 e. The van der Waals surface area contributed by atoms with Crippen LogP contribution in [0.1, 0.15) is 19.8 Å². The molecule has 0 aromatic heterocycles. The van der Waals surface area contributed by atoms with Gasteiger partial charge in [-0.2, -0.15) is 0 Å². The average molecular weight is 143 g/mol. The maximum atomic E-state index is 13.5. The van der Waals surface area contributed by atoms with Crippen molar-refractivity contribution in [3.05, 3.63) is 12.2 Å². The molecule has 1 rings (SSSR count). The fourth-order valence-electron chi connectivity index (χ4n) is 1.23. The van der Waals surface area contributed by atoms with Gasteiger partial charge in [0.1, 0.15) is 5.67 Å². The number of nitrogens with one attached hydrogen (secondary N) is 1. The van der Waals surface area contributed by atoms with E-state index in [4.69, 9.17) is 0 Å². The third-order valence-electron chi connectivity index (χ3n) is 2.10.